The minimum absolute atomic E-state index is 0.142. The molecule has 25 heavy (non-hydrogen) atoms. The number of nitrogens with one attached hydrogen (secondary N) is 1. The first-order valence-electron chi connectivity index (χ1n) is 8.03. The number of anilines is 2. The maximum absolute atomic E-state index is 12.3. The molecule has 0 spiro atoms. The van der Waals surface area contributed by atoms with Crippen molar-refractivity contribution in [2.75, 3.05) is 31.8 Å². The zero-order valence-corrected chi connectivity index (χ0v) is 14.7. The third kappa shape index (κ3) is 4.97. The summed E-state index contributed by atoms with van der Waals surface area (Å²) < 4.78 is 5.54. The van der Waals surface area contributed by atoms with E-state index in [0.717, 1.165) is 5.56 Å². The zero-order valence-electron chi connectivity index (χ0n) is 14.7. The fraction of sp³-hybridized carbons (Fsp3) is 0.263. The Hall–Kier alpha value is -3.02. The maximum atomic E-state index is 12.3. The van der Waals surface area contributed by atoms with Crippen LogP contribution in [0.15, 0.2) is 42.5 Å². The molecule has 0 aromatic heterocycles. The standard InChI is InChI=1S/C19H23N3O3/c1-4-25-17-10-7-14(19(24)22(2)3)12-16(17)21-18(23)11-13-5-8-15(20)9-6-13/h5-10,12H,4,11,20H2,1-3H3,(H,21,23). The first-order valence-corrected chi connectivity index (χ1v) is 8.03. The number of hydrogen-bond acceptors (Lipinski definition) is 4. The van der Waals surface area contributed by atoms with E-state index in [2.05, 4.69) is 5.32 Å². The smallest absolute Gasteiger partial charge is 0.253 e. The molecule has 6 heteroatoms. The predicted octanol–water partition coefficient (Wildman–Crippen LogP) is 2.55. The predicted molar refractivity (Wildman–Crippen MR) is 98.8 cm³/mol. The van der Waals surface area contributed by atoms with Crippen LogP contribution in [0.2, 0.25) is 0 Å². The molecular formula is C19H23N3O3. The number of amides is 2. The van der Waals surface area contributed by atoms with Crippen molar-refractivity contribution >= 4 is 23.2 Å². The van der Waals surface area contributed by atoms with E-state index in [-0.39, 0.29) is 18.2 Å². The molecule has 0 aliphatic carbocycles. The summed E-state index contributed by atoms with van der Waals surface area (Å²) in [5.41, 5.74) is 8.12. The van der Waals surface area contributed by atoms with Gasteiger partial charge < -0.3 is 20.7 Å². The molecule has 0 unspecified atom stereocenters. The van der Waals surface area contributed by atoms with Gasteiger partial charge in [0.15, 0.2) is 0 Å². The number of hydrogen-bond donors (Lipinski definition) is 2. The van der Waals surface area contributed by atoms with E-state index in [1.807, 2.05) is 19.1 Å². The van der Waals surface area contributed by atoms with Crippen molar-refractivity contribution in [1.29, 1.82) is 0 Å². The van der Waals surface area contributed by atoms with Gasteiger partial charge in [0.05, 0.1) is 18.7 Å². The molecule has 0 radical (unpaired) electrons. The number of nitrogens with two attached hydrogens (primary N) is 1. The molecule has 0 heterocycles. The van der Waals surface area contributed by atoms with Gasteiger partial charge in [0.25, 0.3) is 5.91 Å². The first kappa shape index (κ1) is 18.3. The van der Waals surface area contributed by atoms with Gasteiger partial charge in [0, 0.05) is 25.3 Å². The van der Waals surface area contributed by atoms with Gasteiger partial charge in [-0.1, -0.05) is 12.1 Å². The van der Waals surface area contributed by atoms with Gasteiger partial charge in [-0.2, -0.15) is 0 Å². The van der Waals surface area contributed by atoms with Crippen molar-refractivity contribution in [2.45, 2.75) is 13.3 Å². The molecule has 2 rings (SSSR count). The Morgan fingerprint density at radius 1 is 1.12 bits per heavy atom. The Balaban J connectivity index is 2.19. The van der Waals surface area contributed by atoms with Crippen molar-refractivity contribution in [1.82, 2.24) is 4.90 Å². The second-order valence-corrected chi connectivity index (χ2v) is 5.81. The second-order valence-electron chi connectivity index (χ2n) is 5.81. The molecule has 0 aliphatic heterocycles. The lowest BCUT2D eigenvalue weighted by Crippen LogP contribution is -2.22. The minimum Gasteiger partial charge on any atom is -0.492 e. The van der Waals surface area contributed by atoms with E-state index < -0.39 is 0 Å². The van der Waals surface area contributed by atoms with E-state index >= 15 is 0 Å². The van der Waals surface area contributed by atoms with Gasteiger partial charge >= 0.3 is 0 Å². The van der Waals surface area contributed by atoms with E-state index in [1.54, 1.807) is 44.4 Å². The summed E-state index contributed by atoms with van der Waals surface area (Å²) in [6.07, 6.45) is 0.206. The summed E-state index contributed by atoms with van der Waals surface area (Å²) in [5, 5.41) is 2.83. The van der Waals surface area contributed by atoms with Crippen molar-refractivity contribution < 1.29 is 14.3 Å². The SMILES string of the molecule is CCOc1ccc(C(=O)N(C)C)cc1NC(=O)Cc1ccc(N)cc1. The summed E-state index contributed by atoms with van der Waals surface area (Å²) in [6.45, 7) is 2.32. The average molecular weight is 341 g/mol. The molecular weight excluding hydrogens is 318 g/mol. The number of benzene rings is 2. The summed E-state index contributed by atoms with van der Waals surface area (Å²) in [4.78, 5) is 26.0. The van der Waals surface area contributed by atoms with Gasteiger partial charge in [-0.05, 0) is 42.8 Å². The number of carbonyl (C=O) groups is 2. The number of nitrogen functional groups attached to an aromatic ring is 1. The molecule has 2 aromatic rings. The summed E-state index contributed by atoms with van der Waals surface area (Å²) in [7, 11) is 3.36. The highest BCUT2D eigenvalue weighted by atomic mass is 16.5. The third-order valence-electron chi connectivity index (χ3n) is 3.55. The second kappa shape index (κ2) is 8.19. The quantitative estimate of drug-likeness (QED) is 0.791. The van der Waals surface area contributed by atoms with Crippen LogP contribution in [-0.4, -0.2) is 37.4 Å². The van der Waals surface area contributed by atoms with Crippen LogP contribution >= 0.6 is 0 Å². The molecule has 0 atom stereocenters. The Kier molecular flexibility index (Phi) is 6.00. The molecule has 132 valence electrons. The fourth-order valence-electron chi connectivity index (χ4n) is 2.32. The molecule has 0 fully saturated rings. The topological polar surface area (TPSA) is 84.7 Å². The Morgan fingerprint density at radius 2 is 1.80 bits per heavy atom. The highest BCUT2D eigenvalue weighted by Crippen LogP contribution is 2.26. The Bertz CT molecular complexity index is 755. The van der Waals surface area contributed by atoms with E-state index in [4.69, 9.17) is 10.5 Å². The largest absolute Gasteiger partial charge is 0.492 e. The number of ether oxygens (including phenoxy) is 1. The number of rotatable bonds is 6. The normalized spacial score (nSPS) is 10.2. The van der Waals surface area contributed by atoms with Crippen LogP contribution in [0.25, 0.3) is 0 Å². The molecule has 0 aliphatic rings. The van der Waals surface area contributed by atoms with Gasteiger partial charge in [0.1, 0.15) is 5.75 Å². The molecule has 2 amide bonds. The molecule has 0 saturated carbocycles. The minimum atomic E-state index is -0.194. The van der Waals surface area contributed by atoms with Crippen LogP contribution in [0.1, 0.15) is 22.8 Å². The molecule has 0 saturated heterocycles. The fourth-order valence-corrected chi connectivity index (χ4v) is 2.32. The van der Waals surface area contributed by atoms with Crippen LogP contribution in [0.3, 0.4) is 0 Å². The maximum Gasteiger partial charge on any atom is 0.253 e. The lowest BCUT2D eigenvalue weighted by Gasteiger charge is -2.15. The highest BCUT2D eigenvalue weighted by Gasteiger charge is 2.14. The van der Waals surface area contributed by atoms with Crippen molar-refractivity contribution in [3.8, 4) is 5.75 Å². The monoisotopic (exact) mass is 341 g/mol. The lowest BCUT2D eigenvalue weighted by atomic mass is 10.1. The van der Waals surface area contributed by atoms with Gasteiger partial charge in [-0.3, -0.25) is 9.59 Å². The van der Waals surface area contributed by atoms with E-state index in [1.165, 1.54) is 4.90 Å². The van der Waals surface area contributed by atoms with Crippen LogP contribution in [0, 0.1) is 0 Å². The van der Waals surface area contributed by atoms with Crippen LogP contribution in [0.4, 0.5) is 11.4 Å². The van der Waals surface area contributed by atoms with Crippen LogP contribution in [0.5, 0.6) is 5.75 Å². The highest BCUT2D eigenvalue weighted by molar-refractivity contribution is 5.98. The number of nitrogens with zero attached hydrogens (tertiary/aromatic N) is 1. The van der Waals surface area contributed by atoms with E-state index in [9.17, 15) is 9.59 Å². The van der Waals surface area contributed by atoms with Crippen molar-refractivity contribution in [3.05, 3.63) is 53.6 Å². The first-order chi connectivity index (χ1) is 11.9. The third-order valence-corrected chi connectivity index (χ3v) is 3.55. The molecule has 2 aromatic carbocycles. The molecule has 6 nitrogen and oxygen atoms in total. The van der Waals surface area contributed by atoms with Crippen LogP contribution < -0.4 is 15.8 Å². The summed E-state index contributed by atoms with van der Waals surface area (Å²) >= 11 is 0. The molecule has 3 N–H and O–H groups in total. The zero-order chi connectivity index (χ0) is 18.4. The molecule has 0 bridgehead atoms. The summed E-state index contributed by atoms with van der Waals surface area (Å²) in [5.74, 6) is 0.195. The summed E-state index contributed by atoms with van der Waals surface area (Å²) in [6, 6.07) is 12.1. The van der Waals surface area contributed by atoms with E-state index in [0.29, 0.717) is 29.3 Å². The van der Waals surface area contributed by atoms with Gasteiger partial charge in [0.2, 0.25) is 5.91 Å². The average Bonchev–Trinajstić information content (AvgIpc) is 2.58. The van der Waals surface area contributed by atoms with Crippen LogP contribution in [-0.2, 0) is 11.2 Å². The van der Waals surface area contributed by atoms with Crippen molar-refractivity contribution in [3.63, 3.8) is 0 Å². The van der Waals surface area contributed by atoms with Gasteiger partial charge in [-0.25, -0.2) is 0 Å². The van der Waals surface area contributed by atoms with Crippen molar-refractivity contribution in [2.24, 2.45) is 0 Å². The number of carbonyl (C=O) groups excluding carboxylic acids is 2. The van der Waals surface area contributed by atoms with Gasteiger partial charge in [-0.15, -0.1) is 0 Å². The lowest BCUT2D eigenvalue weighted by molar-refractivity contribution is -0.115. The Labute approximate surface area is 147 Å². The Morgan fingerprint density at radius 3 is 2.40 bits per heavy atom.